The van der Waals surface area contributed by atoms with Crippen LogP contribution in [-0.4, -0.2) is 54.7 Å². The van der Waals surface area contributed by atoms with E-state index in [1.54, 1.807) is 49.5 Å². The average molecular weight is 431 g/mol. The molecule has 0 bridgehead atoms. The highest BCUT2D eigenvalue weighted by Crippen LogP contribution is 2.20. The monoisotopic (exact) mass is 430 g/mol. The number of imide groups is 1. The van der Waals surface area contributed by atoms with Gasteiger partial charge in [-0.2, -0.15) is 4.31 Å². The van der Waals surface area contributed by atoms with Crippen molar-refractivity contribution in [3.8, 4) is 0 Å². The minimum Gasteiger partial charge on any atom is -0.334 e. The Balaban J connectivity index is 1.60. The highest BCUT2D eigenvalue weighted by atomic mass is 32.2. The van der Waals surface area contributed by atoms with Gasteiger partial charge in [-0.25, -0.2) is 13.2 Å². The Labute approximate surface area is 177 Å². The maximum absolute atomic E-state index is 12.7. The number of rotatable bonds is 5. The second kappa shape index (κ2) is 9.36. The summed E-state index contributed by atoms with van der Waals surface area (Å²) in [7, 11) is -2.08. The van der Waals surface area contributed by atoms with Crippen LogP contribution in [0, 0.1) is 6.92 Å². The number of nitrogens with zero attached hydrogens (tertiary/aromatic N) is 3. The summed E-state index contributed by atoms with van der Waals surface area (Å²) < 4.78 is 26.9. The Morgan fingerprint density at radius 2 is 1.77 bits per heavy atom. The molecule has 2 aromatic rings. The summed E-state index contributed by atoms with van der Waals surface area (Å²) in [6.07, 6.45) is 4.41. The molecule has 1 saturated heterocycles. The molecule has 0 radical (unpaired) electrons. The van der Waals surface area contributed by atoms with Crippen LogP contribution in [0.2, 0.25) is 0 Å². The van der Waals surface area contributed by atoms with Gasteiger partial charge in [0.1, 0.15) is 0 Å². The van der Waals surface area contributed by atoms with E-state index in [9.17, 15) is 18.0 Å². The predicted molar refractivity (Wildman–Crippen MR) is 112 cm³/mol. The molecular formula is C21H26N4O4S. The third-order valence-corrected chi connectivity index (χ3v) is 7.08. The number of nitrogens with one attached hydrogen (secondary N) is 1. The lowest BCUT2D eigenvalue weighted by molar-refractivity contribution is 0.0830. The molecule has 1 aliphatic rings. The van der Waals surface area contributed by atoms with Crippen LogP contribution in [0.1, 0.15) is 40.9 Å². The maximum atomic E-state index is 12.7. The minimum absolute atomic E-state index is 0.173. The molecule has 0 atom stereocenters. The van der Waals surface area contributed by atoms with Crippen molar-refractivity contribution in [1.82, 2.24) is 19.5 Å². The lowest BCUT2D eigenvalue weighted by atomic mass is 10.2. The Morgan fingerprint density at radius 3 is 2.40 bits per heavy atom. The Hall–Kier alpha value is -2.78. The number of hydrogen-bond donors (Lipinski definition) is 1. The molecule has 9 heteroatoms. The van der Waals surface area contributed by atoms with E-state index < -0.39 is 22.0 Å². The van der Waals surface area contributed by atoms with E-state index in [-0.39, 0.29) is 11.4 Å². The molecule has 1 N–H and O–H groups in total. The third-order valence-electron chi connectivity index (χ3n) is 5.17. The first-order chi connectivity index (χ1) is 14.3. The molecule has 8 nitrogen and oxygen atoms in total. The van der Waals surface area contributed by atoms with Gasteiger partial charge in [0, 0.05) is 38.6 Å². The Kier molecular flexibility index (Phi) is 6.84. The van der Waals surface area contributed by atoms with Crippen LogP contribution in [-0.2, 0) is 16.6 Å². The smallest absolute Gasteiger partial charge is 0.324 e. The fraction of sp³-hybridized carbons (Fsp3) is 0.381. The zero-order valence-electron chi connectivity index (χ0n) is 17.2. The van der Waals surface area contributed by atoms with Gasteiger partial charge >= 0.3 is 6.03 Å². The molecular weight excluding hydrogens is 404 g/mol. The van der Waals surface area contributed by atoms with E-state index in [4.69, 9.17) is 0 Å². The second-order valence-corrected chi connectivity index (χ2v) is 9.21. The minimum atomic E-state index is -3.48. The van der Waals surface area contributed by atoms with Crippen LogP contribution in [0.15, 0.2) is 47.5 Å². The number of aromatic nitrogens is 1. The molecule has 2 heterocycles. The van der Waals surface area contributed by atoms with Crippen molar-refractivity contribution in [1.29, 1.82) is 0 Å². The van der Waals surface area contributed by atoms with Gasteiger partial charge in [-0.15, -0.1) is 0 Å². The number of urea groups is 1. The van der Waals surface area contributed by atoms with Gasteiger partial charge in [0.15, 0.2) is 0 Å². The van der Waals surface area contributed by atoms with Crippen LogP contribution in [0.4, 0.5) is 4.79 Å². The highest BCUT2D eigenvalue weighted by Gasteiger charge is 2.25. The van der Waals surface area contributed by atoms with Crippen LogP contribution in [0.5, 0.6) is 0 Å². The van der Waals surface area contributed by atoms with Crippen molar-refractivity contribution in [3.63, 3.8) is 0 Å². The molecule has 1 aromatic carbocycles. The first kappa shape index (κ1) is 21.9. The Morgan fingerprint density at radius 1 is 1.10 bits per heavy atom. The van der Waals surface area contributed by atoms with Crippen LogP contribution in [0.3, 0.4) is 0 Å². The number of piperidine rings is 1. The van der Waals surface area contributed by atoms with Gasteiger partial charge < -0.3 is 5.32 Å². The average Bonchev–Trinajstić information content (AvgIpc) is 2.77. The molecule has 0 spiro atoms. The summed E-state index contributed by atoms with van der Waals surface area (Å²) >= 11 is 0. The number of carbonyl (C=O) groups is 2. The molecule has 1 aliphatic heterocycles. The first-order valence-corrected chi connectivity index (χ1v) is 11.3. The van der Waals surface area contributed by atoms with Crippen molar-refractivity contribution in [2.45, 2.75) is 37.6 Å². The number of aryl methyl sites for hydroxylation is 1. The molecule has 3 amide bonds. The number of amides is 3. The van der Waals surface area contributed by atoms with E-state index in [0.29, 0.717) is 24.3 Å². The number of sulfonamides is 1. The van der Waals surface area contributed by atoms with Gasteiger partial charge in [0.25, 0.3) is 5.91 Å². The molecule has 3 rings (SSSR count). The van der Waals surface area contributed by atoms with Crippen molar-refractivity contribution < 1.29 is 18.0 Å². The summed E-state index contributed by atoms with van der Waals surface area (Å²) in [6.45, 7) is 2.98. The molecule has 0 aliphatic carbocycles. The standard InChI is InChI=1S/C21H26N4O4S/c1-16-19(7-6-12-22-16)20(26)24(2)21(27)23-15-17-8-10-18(11-9-17)30(28,29)25-13-4-3-5-14-25/h6-12H,3-5,13-15H2,1-2H3,(H,23,27). The zero-order valence-corrected chi connectivity index (χ0v) is 18.0. The second-order valence-electron chi connectivity index (χ2n) is 7.27. The van der Waals surface area contributed by atoms with Crippen molar-refractivity contribution in [2.24, 2.45) is 0 Å². The molecule has 1 fully saturated rings. The van der Waals surface area contributed by atoms with E-state index >= 15 is 0 Å². The SMILES string of the molecule is Cc1ncccc1C(=O)N(C)C(=O)NCc1ccc(S(=O)(=O)N2CCCCC2)cc1. The van der Waals surface area contributed by atoms with Crippen molar-refractivity contribution in [3.05, 3.63) is 59.4 Å². The fourth-order valence-corrected chi connectivity index (χ4v) is 4.83. The Bertz CT molecular complexity index is 1020. The third kappa shape index (κ3) is 4.85. The van der Waals surface area contributed by atoms with Gasteiger partial charge in [-0.1, -0.05) is 18.6 Å². The van der Waals surface area contributed by atoms with E-state index in [2.05, 4.69) is 10.3 Å². The molecule has 0 unspecified atom stereocenters. The number of hydrogen-bond acceptors (Lipinski definition) is 5. The molecule has 160 valence electrons. The number of pyridine rings is 1. The topological polar surface area (TPSA) is 99.7 Å². The van der Waals surface area contributed by atoms with E-state index in [0.717, 1.165) is 29.7 Å². The van der Waals surface area contributed by atoms with Crippen LogP contribution >= 0.6 is 0 Å². The molecule has 1 aromatic heterocycles. The highest BCUT2D eigenvalue weighted by molar-refractivity contribution is 7.89. The van der Waals surface area contributed by atoms with Crippen molar-refractivity contribution >= 4 is 22.0 Å². The van der Waals surface area contributed by atoms with E-state index in [1.165, 1.54) is 11.4 Å². The van der Waals surface area contributed by atoms with Gasteiger partial charge in [0.2, 0.25) is 10.0 Å². The lowest BCUT2D eigenvalue weighted by Gasteiger charge is -2.25. The summed E-state index contributed by atoms with van der Waals surface area (Å²) in [5.74, 6) is -0.443. The maximum Gasteiger partial charge on any atom is 0.324 e. The normalized spacial score (nSPS) is 14.9. The zero-order chi connectivity index (χ0) is 21.7. The van der Waals surface area contributed by atoms with Crippen molar-refractivity contribution in [2.75, 3.05) is 20.1 Å². The van der Waals surface area contributed by atoms with Crippen LogP contribution in [0.25, 0.3) is 0 Å². The number of carbonyl (C=O) groups excluding carboxylic acids is 2. The first-order valence-electron chi connectivity index (χ1n) is 9.87. The van der Waals surface area contributed by atoms with Crippen LogP contribution < -0.4 is 5.32 Å². The summed E-state index contributed by atoms with van der Waals surface area (Å²) in [5.41, 5.74) is 1.65. The summed E-state index contributed by atoms with van der Waals surface area (Å²) in [4.78, 5) is 30.1. The fourth-order valence-electron chi connectivity index (χ4n) is 3.31. The summed E-state index contributed by atoms with van der Waals surface area (Å²) in [5, 5.41) is 2.68. The van der Waals surface area contributed by atoms with Gasteiger partial charge in [-0.3, -0.25) is 14.7 Å². The summed E-state index contributed by atoms with van der Waals surface area (Å²) in [6, 6.07) is 9.17. The lowest BCUT2D eigenvalue weighted by Crippen LogP contribution is -2.41. The number of benzene rings is 1. The molecule has 0 saturated carbocycles. The molecule has 30 heavy (non-hydrogen) atoms. The van der Waals surface area contributed by atoms with Gasteiger partial charge in [0.05, 0.1) is 10.5 Å². The van der Waals surface area contributed by atoms with E-state index in [1.807, 2.05) is 0 Å². The largest absolute Gasteiger partial charge is 0.334 e. The van der Waals surface area contributed by atoms with Gasteiger partial charge in [-0.05, 0) is 49.6 Å². The quantitative estimate of drug-likeness (QED) is 0.786. The predicted octanol–water partition coefficient (Wildman–Crippen LogP) is 2.55.